The van der Waals surface area contributed by atoms with Gasteiger partial charge in [-0.15, -0.1) is 6.58 Å². The molecule has 0 unspecified atom stereocenters. The van der Waals surface area contributed by atoms with E-state index in [-0.39, 0.29) is 12.6 Å². The molecule has 0 fully saturated rings. The van der Waals surface area contributed by atoms with Gasteiger partial charge in [-0.25, -0.2) is 4.79 Å². The summed E-state index contributed by atoms with van der Waals surface area (Å²) < 4.78 is 0. The fraction of sp³-hybridized carbons (Fsp3) is 0.556. The first-order chi connectivity index (χ1) is 7.07. The second-order valence-electron chi connectivity index (χ2n) is 2.85. The van der Waals surface area contributed by atoms with Gasteiger partial charge in [-0.1, -0.05) is 6.08 Å². The highest BCUT2D eigenvalue weighted by atomic mass is 32.2. The van der Waals surface area contributed by atoms with Gasteiger partial charge >= 0.3 is 12.0 Å². The van der Waals surface area contributed by atoms with Gasteiger partial charge in [0.25, 0.3) is 0 Å². The van der Waals surface area contributed by atoms with Crippen molar-refractivity contribution < 1.29 is 14.7 Å². The highest BCUT2D eigenvalue weighted by Crippen LogP contribution is 1.97. The Labute approximate surface area is 93.5 Å². The van der Waals surface area contributed by atoms with Gasteiger partial charge in [0.2, 0.25) is 0 Å². The quantitative estimate of drug-likeness (QED) is 0.499. The molecule has 0 radical (unpaired) electrons. The number of urea groups is 1. The van der Waals surface area contributed by atoms with E-state index in [0.29, 0.717) is 6.54 Å². The highest BCUT2D eigenvalue weighted by Gasteiger charge is 2.10. The van der Waals surface area contributed by atoms with Crippen LogP contribution in [-0.2, 0) is 4.79 Å². The standard InChI is InChI=1S/C9H16N2O3S/c1-3-5-15-6-4-10-9(14)11(2)7-8(12)13/h3H,1,4-7H2,2H3,(H,10,14)(H,12,13). The van der Waals surface area contributed by atoms with Crippen molar-refractivity contribution in [1.82, 2.24) is 10.2 Å². The fourth-order valence-corrected chi connectivity index (χ4v) is 1.39. The number of amides is 2. The topological polar surface area (TPSA) is 69.6 Å². The van der Waals surface area contributed by atoms with Crippen LogP contribution in [0, 0.1) is 0 Å². The molecule has 86 valence electrons. The Morgan fingerprint density at radius 3 is 2.80 bits per heavy atom. The van der Waals surface area contributed by atoms with Crippen molar-refractivity contribution in [3.63, 3.8) is 0 Å². The first-order valence-corrected chi connectivity index (χ1v) is 5.62. The smallest absolute Gasteiger partial charge is 0.323 e. The lowest BCUT2D eigenvalue weighted by Gasteiger charge is -2.15. The molecular formula is C9H16N2O3S. The predicted molar refractivity (Wildman–Crippen MR) is 61.2 cm³/mol. The van der Waals surface area contributed by atoms with Gasteiger partial charge in [0, 0.05) is 25.1 Å². The maximum atomic E-state index is 11.2. The van der Waals surface area contributed by atoms with Gasteiger partial charge < -0.3 is 15.3 Å². The Bertz CT molecular complexity index is 233. The molecule has 0 aromatic heterocycles. The second-order valence-corrected chi connectivity index (χ2v) is 4.00. The molecule has 0 spiro atoms. The molecule has 0 aromatic rings. The van der Waals surface area contributed by atoms with Gasteiger partial charge in [-0.3, -0.25) is 4.79 Å². The van der Waals surface area contributed by atoms with Crippen LogP contribution in [-0.4, -0.2) is 53.6 Å². The van der Waals surface area contributed by atoms with Crippen LogP contribution in [0.3, 0.4) is 0 Å². The van der Waals surface area contributed by atoms with E-state index in [0.717, 1.165) is 16.4 Å². The largest absolute Gasteiger partial charge is 0.480 e. The van der Waals surface area contributed by atoms with Crippen molar-refractivity contribution in [1.29, 1.82) is 0 Å². The molecule has 0 aliphatic carbocycles. The third-order valence-electron chi connectivity index (χ3n) is 1.48. The minimum atomic E-state index is -1.02. The van der Waals surface area contributed by atoms with E-state index in [2.05, 4.69) is 11.9 Å². The van der Waals surface area contributed by atoms with Crippen LogP contribution in [0.1, 0.15) is 0 Å². The fourth-order valence-electron chi connectivity index (χ4n) is 0.806. The summed E-state index contributed by atoms with van der Waals surface area (Å²) in [6.07, 6.45) is 1.79. The zero-order valence-electron chi connectivity index (χ0n) is 8.73. The lowest BCUT2D eigenvalue weighted by atomic mass is 10.6. The molecule has 0 rings (SSSR count). The second kappa shape index (κ2) is 8.16. The third-order valence-corrected chi connectivity index (χ3v) is 2.44. The molecule has 0 atom stereocenters. The number of rotatable bonds is 7. The van der Waals surface area contributed by atoms with Crippen LogP contribution in [0.15, 0.2) is 12.7 Å². The van der Waals surface area contributed by atoms with E-state index < -0.39 is 5.97 Å². The molecule has 2 N–H and O–H groups in total. The van der Waals surface area contributed by atoms with Crippen molar-refractivity contribution in [3.8, 4) is 0 Å². The summed E-state index contributed by atoms with van der Waals surface area (Å²) in [6.45, 7) is 3.82. The van der Waals surface area contributed by atoms with Crippen molar-refractivity contribution in [2.24, 2.45) is 0 Å². The van der Waals surface area contributed by atoms with Gasteiger partial charge in [0.15, 0.2) is 0 Å². The third kappa shape index (κ3) is 7.87. The molecule has 0 heterocycles. The summed E-state index contributed by atoms with van der Waals surface area (Å²) in [5, 5.41) is 11.1. The van der Waals surface area contributed by atoms with Crippen molar-refractivity contribution in [2.45, 2.75) is 0 Å². The van der Waals surface area contributed by atoms with Crippen molar-refractivity contribution in [3.05, 3.63) is 12.7 Å². The predicted octanol–water partition coefficient (Wildman–Crippen LogP) is 0.632. The lowest BCUT2D eigenvalue weighted by molar-refractivity contribution is -0.137. The number of likely N-dealkylation sites (N-methyl/N-ethyl adjacent to an activating group) is 1. The van der Waals surface area contributed by atoms with Crippen molar-refractivity contribution in [2.75, 3.05) is 31.6 Å². The monoisotopic (exact) mass is 232 g/mol. The summed E-state index contributed by atoms with van der Waals surface area (Å²) in [5.74, 6) is 0.619. The Balaban J connectivity index is 3.55. The zero-order chi connectivity index (χ0) is 11.7. The summed E-state index contributed by atoms with van der Waals surface area (Å²) in [4.78, 5) is 22.7. The van der Waals surface area contributed by atoms with Crippen LogP contribution >= 0.6 is 11.8 Å². The number of carbonyl (C=O) groups excluding carboxylic acids is 1. The Kier molecular flexibility index (Phi) is 7.53. The van der Waals surface area contributed by atoms with Gasteiger partial charge in [-0.05, 0) is 0 Å². The van der Waals surface area contributed by atoms with Crippen LogP contribution < -0.4 is 5.32 Å². The first kappa shape index (κ1) is 13.8. The normalized spacial score (nSPS) is 9.40. The SMILES string of the molecule is C=CCSCCNC(=O)N(C)CC(=O)O. The molecular weight excluding hydrogens is 216 g/mol. The molecule has 5 nitrogen and oxygen atoms in total. The number of carboxylic acids is 1. The number of aliphatic carboxylic acids is 1. The number of carboxylic acid groups (broad SMARTS) is 1. The summed E-state index contributed by atoms with van der Waals surface area (Å²) in [5.41, 5.74) is 0. The maximum Gasteiger partial charge on any atom is 0.323 e. The molecule has 15 heavy (non-hydrogen) atoms. The van der Waals surface area contributed by atoms with Gasteiger partial charge in [-0.2, -0.15) is 11.8 Å². The minimum Gasteiger partial charge on any atom is -0.480 e. The molecule has 6 heteroatoms. The lowest BCUT2D eigenvalue weighted by Crippen LogP contribution is -2.40. The average Bonchev–Trinajstić information content (AvgIpc) is 2.16. The number of carbonyl (C=O) groups is 2. The van der Waals surface area contributed by atoms with Crippen molar-refractivity contribution >= 4 is 23.8 Å². The number of hydrogen-bond donors (Lipinski definition) is 2. The highest BCUT2D eigenvalue weighted by molar-refractivity contribution is 7.99. The zero-order valence-corrected chi connectivity index (χ0v) is 9.55. The van der Waals surface area contributed by atoms with Crippen LogP contribution in [0.25, 0.3) is 0 Å². The number of thioether (sulfide) groups is 1. The van der Waals surface area contributed by atoms with Gasteiger partial charge in [0.05, 0.1) is 0 Å². The summed E-state index contributed by atoms with van der Waals surface area (Å²) in [7, 11) is 1.44. The Morgan fingerprint density at radius 1 is 1.60 bits per heavy atom. The van der Waals surface area contributed by atoms with E-state index in [9.17, 15) is 9.59 Å². The van der Waals surface area contributed by atoms with E-state index in [1.165, 1.54) is 7.05 Å². The first-order valence-electron chi connectivity index (χ1n) is 4.47. The van der Waals surface area contributed by atoms with E-state index >= 15 is 0 Å². The molecule has 0 aromatic carbocycles. The molecule has 0 bridgehead atoms. The molecule has 0 aliphatic rings. The minimum absolute atomic E-state index is 0.286. The van der Waals surface area contributed by atoms with Crippen LogP contribution in [0.2, 0.25) is 0 Å². The van der Waals surface area contributed by atoms with Crippen LogP contribution in [0.4, 0.5) is 4.79 Å². The Hall–Kier alpha value is -1.17. The Morgan fingerprint density at radius 2 is 2.27 bits per heavy atom. The van der Waals surface area contributed by atoms with Crippen LogP contribution in [0.5, 0.6) is 0 Å². The molecule has 2 amide bonds. The van der Waals surface area contributed by atoms with E-state index in [4.69, 9.17) is 5.11 Å². The number of nitrogens with zero attached hydrogens (tertiary/aromatic N) is 1. The molecule has 0 saturated heterocycles. The maximum absolute atomic E-state index is 11.2. The summed E-state index contributed by atoms with van der Waals surface area (Å²) >= 11 is 1.65. The summed E-state index contributed by atoms with van der Waals surface area (Å²) in [6, 6.07) is -0.364. The number of nitrogens with one attached hydrogen (secondary N) is 1. The molecule has 0 aliphatic heterocycles. The average molecular weight is 232 g/mol. The van der Waals surface area contributed by atoms with E-state index in [1.54, 1.807) is 17.8 Å². The van der Waals surface area contributed by atoms with Gasteiger partial charge in [0.1, 0.15) is 6.54 Å². The number of hydrogen-bond acceptors (Lipinski definition) is 3. The molecule has 0 saturated carbocycles. The van der Waals surface area contributed by atoms with E-state index in [1.807, 2.05) is 0 Å².